The molecule has 0 saturated carbocycles. The Bertz CT molecular complexity index is 1410. The molecule has 0 aliphatic carbocycles. The Morgan fingerprint density at radius 3 is 2.36 bits per heavy atom. The lowest BCUT2D eigenvalue weighted by Gasteiger charge is -2.34. The third kappa shape index (κ3) is 6.40. The average molecular weight is 545 g/mol. The fraction of sp³-hybridized carbons (Fsp3) is 0.393. The molecule has 3 aromatic rings. The van der Waals surface area contributed by atoms with Gasteiger partial charge in [-0.2, -0.15) is 13.2 Å². The van der Waals surface area contributed by atoms with Crippen LogP contribution >= 0.6 is 0 Å². The summed E-state index contributed by atoms with van der Waals surface area (Å²) in [5.74, 6) is -0.124. The molecule has 1 N–H and O–H groups in total. The summed E-state index contributed by atoms with van der Waals surface area (Å²) in [4.78, 5) is 23.3. The smallest absolute Gasteiger partial charge is 0.406 e. The maximum absolute atomic E-state index is 14.7. The van der Waals surface area contributed by atoms with Crippen molar-refractivity contribution in [3.8, 4) is 28.1 Å². The van der Waals surface area contributed by atoms with E-state index in [0.717, 1.165) is 25.3 Å². The van der Waals surface area contributed by atoms with Crippen LogP contribution in [0.4, 0.5) is 29.2 Å². The molecule has 4 rings (SSSR count). The number of ether oxygens (including phenoxy) is 1. The molecule has 1 fully saturated rings. The fourth-order valence-corrected chi connectivity index (χ4v) is 4.74. The Morgan fingerprint density at radius 1 is 1.13 bits per heavy atom. The number of benzene rings is 2. The first-order chi connectivity index (χ1) is 18.6. The van der Waals surface area contributed by atoms with Crippen LogP contribution in [0.5, 0.6) is 5.75 Å². The molecule has 0 unspecified atom stereocenters. The predicted octanol–water partition coefficient (Wildman–Crippen LogP) is 5.83. The fourth-order valence-electron chi connectivity index (χ4n) is 4.74. The molecule has 1 aromatic heterocycles. The molecule has 0 atom stereocenters. The third-order valence-corrected chi connectivity index (χ3v) is 6.81. The zero-order valence-electron chi connectivity index (χ0n) is 21.3. The van der Waals surface area contributed by atoms with E-state index in [1.165, 1.54) is 36.4 Å². The van der Waals surface area contributed by atoms with Crippen molar-refractivity contribution >= 4 is 11.6 Å². The largest absolute Gasteiger partial charge is 0.491 e. The Labute approximate surface area is 223 Å². The monoisotopic (exact) mass is 544 g/mol. The van der Waals surface area contributed by atoms with Gasteiger partial charge in [-0.05, 0) is 42.5 Å². The van der Waals surface area contributed by atoms with Gasteiger partial charge in [0.25, 0.3) is 5.56 Å². The van der Waals surface area contributed by atoms with Crippen LogP contribution in [0.3, 0.4) is 0 Å². The predicted molar refractivity (Wildman–Crippen MR) is 139 cm³/mol. The van der Waals surface area contributed by atoms with E-state index in [1.54, 1.807) is 4.90 Å². The van der Waals surface area contributed by atoms with Gasteiger partial charge in [0, 0.05) is 18.7 Å². The van der Waals surface area contributed by atoms with E-state index in [1.807, 2.05) is 0 Å². The highest BCUT2D eigenvalue weighted by Crippen LogP contribution is 2.35. The molecule has 1 aliphatic heterocycles. The van der Waals surface area contributed by atoms with Crippen molar-refractivity contribution in [3.05, 3.63) is 70.1 Å². The average Bonchev–Trinajstić information content (AvgIpc) is 2.92. The molecule has 1 aliphatic rings. The van der Waals surface area contributed by atoms with E-state index in [9.17, 15) is 22.4 Å². The highest BCUT2D eigenvalue weighted by Gasteiger charge is 2.34. The van der Waals surface area contributed by atoms with Gasteiger partial charge in [-0.25, -0.2) is 14.2 Å². The summed E-state index contributed by atoms with van der Waals surface area (Å²) in [6.45, 7) is 8.36. The Balaban J connectivity index is 1.95. The Kier molecular flexibility index (Phi) is 8.55. The molecular weight excluding hydrogens is 516 g/mol. The third-order valence-electron chi connectivity index (χ3n) is 6.81. The number of alkyl halides is 3. The number of aromatic nitrogens is 2. The zero-order chi connectivity index (χ0) is 28.2. The van der Waals surface area contributed by atoms with Gasteiger partial charge >= 0.3 is 6.18 Å². The van der Waals surface area contributed by atoms with Crippen LogP contribution in [-0.4, -0.2) is 47.1 Å². The van der Waals surface area contributed by atoms with Crippen LogP contribution in [0.25, 0.3) is 27.2 Å². The molecule has 2 aromatic carbocycles. The minimum atomic E-state index is -4.69. The summed E-state index contributed by atoms with van der Waals surface area (Å²) in [5, 5.41) is 8.98. The number of hydrogen-bond acceptors (Lipinski definition) is 5. The molecule has 206 valence electrons. The molecule has 2 heterocycles. The Hall–Kier alpha value is -3.91. The van der Waals surface area contributed by atoms with Gasteiger partial charge in [-0.1, -0.05) is 37.6 Å². The van der Waals surface area contributed by atoms with Crippen molar-refractivity contribution in [3.63, 3.8) is 0 Å². The maximum atomic E-state index is 14.7. The number of aliphatic hydroxyl groups excluding tert-OH is 1. The molecular formula is C28H28F4N4O3. The van der Waals surface area contributed by atoms with Crippen LogP contribution in [-0.2, 0) is 6.54 Å². The van der Waals surface area contributed by atoms with Gasteiger partial charge in [0.1, 0.15) is 24.7 Å². The highest BCUT2D eigenvalue weighted by molar-refractivity contribution is 5.82. The van der Waals surface area contributed by atoms with Gasteiger partial charge in [-0.3, -0.25) is 9.36 Å². The van der Waals surface area contributed by atoms with Crippen LogP contribution in [0.2, 0.25) is 0 Å². The second-order valence-electron chi connectivity index (χ2n) is 9.35. The van der Waals surface area contributed by atoms with E-state index in [-0.39, 0.29) is 47.2 Å². The first-order valence-corrected chi connectivity index (χ1v) is 12.6. The molecule has 0 bridgehead atoms. The number of nitrogens with zero attached hydrogens (tertiary/aromatic N) is 4. The minimum Gasteiger partial charge on any atom is -0.491 e. The highest BCUT2D eigenvalue weighted by atomic mass is 19.4. The molecule has 0 radical (unpaired) electrons. The van der Waals surface area contributed by atoms with E-state index in [2.05, 4.69) is 16.8 Å². The quantitative estimate of drug-likeness (QED) is 0.286. The van der Waals surface area contributed by atoms with Crippen LogP contribution < -0.4 is 15.2 Å². The normalized spacial score (nSPS) is 14.3. The number of piperidine rings is 1. The van der Waals surface area contributed by atoms with Gasteiger partial charge < -0.3 is 14.7 Å². The number of aliphatic hydroxyl groups is 1. The minimum absolute atomic E-state index is 0.0190. The lowest BCUT2D eigenvalue weighted by molar-refractivity contribution is -0.141. The lowest BCUT2D eigenvalue weighted by Crippen LogP contribution is -2.41. The topological polar surface area (TPSA) is 72.0 Å². The molecule has 39 heavy (non-hydrogen) atoms. The summed E-state index contributed by atoms with van der Waals surface area (Å²) in [6, 6.07) is 9.80. The maximum Gasteiger partial charge on any atom is 0.406 e. The number of rotatable bonds is 8. The van der Waals surface area contributed by atoms with Crippen molar-refractivity contribution in [1.29, 1.82) is 0 Å². The van der Waals surface area contributed by atoms with E-state index < -0.39 is 24.1 Å². The first-order valence-electron chi connectivity index (χ1n) is 12.6. The second kappa shape index (κ2) is 11.9. The van der Waals surface area contributed by atoms with Crippen LogP contribution in [0, 0.1) is 18.3 Å². The summed E-state index contributed by atoms with van der Waals surface area (Å²) >= 11 is 0. The van der Waals surface area contributed by atoms with Crippen molar-refractivity contribution in [1.82, 2.24) is 9.55 Å². The SMILES string of the molecule is [C-]#[N+]c1ccc(-c2nc(N3CCC(CC)CC3)n(CC(F)(F)F)c(=O)c2-c2ccc(OCCO)cc2)cc1F. The first kappa shape index (κ1) is 28.1. The number of halogens is 4. The second-order valence-corrected chi connectivity index (χ2v) is 9.35. The molecule has 11 heteroatoms. The van der Waals surface area contributed by atoms with E-state index in [0.29, 0.717) is 29.3 Å². The van der Waals surface area contributed by atoms with Crippen molar-refractivity contribution < 1.29 is 27.4 Å². The van der Waals surface area contributed by atoms with Gasteiger partial charge in [-0.15, -0.1) is 0 Å². The lowest BCUT2D eigenvalue weighted by atomic mass is 9.94. The van der Waals surface area contributed by atoms with Crippen molar-refractivity contribution in [2.75, 3.05) is 31.2 Å². The number of anilines is 1. The van der Waals surface area contributed by atoms with Crippen molar-refractivity contribution in [2.24, 2.45) is 5.92 Å². The van der Waals surface area contributed by atoms with Gasteiger partial charge in [0.05, 0.1) is 24.4 Å². The van der Waals surface area contributed by atoms with Crippen molar-refractivity contribution in [2.45, 2.75) is 38.9 Å². The molecule has 1 saturated heterocycles. The van der Waals surface area contributed by atoms with Gasteiger partial charge in [0.15, 0.2) is 0 Å². The van der Waals surface area contributed by atoms with E-state index >= 15 is 0 Å². The Morgan fingerprint density at radius 2 is 1.79 bits per heavy atom. The molecule has 0 spiro atoms. The summed E-state index contributed by atoms with van der Waals surface area (Å²) in [6.07, 6.45) is -2.24. The zero-order valence-corrected chi connectivity index (χ0v) is 21.3. The summed E-state index contributed by atoms with van der Waals surface area (Å²) < 4.78 is 61.8. The van der Waals surface area contributed by atoms with Gasteiger partial charge in [0.2, 0.25) is 11.6 Å². The number of hydrogen-bond donors (Lipinski definition) is 1. The van der Waals surface area contributed by atoms with E-state index in [4.69, 9.17) is 16.4 Å². The standard InChI is InChI=1S/C28H28F4N4O3/c1-3-18-10-12-35(13-11-18)27-34-25(20-6-9-23(33-2)22(29)16-20)24(26(38)36(27)17-28(30,31)32)19-4-7-21(8-5-19)39-15-14-37/h4-9,16,18,37H,3,10-15,17H2,1H3. The molecule has 7 nitrogen and oxygen atoms in total. The summed E-state index contributed by atoms with van der Waals surface area (Å²) in [5.41, 5.74) is -0.820. The summed E-state index contributed by atoms with van der Waals surface area (Å²) in [7, 11) is 0. The molecule has 0 amide bonds. The van der Waals surface area contributed by atoms with Crippen LogP contribution in [0.15, 0.2) is 47.3 Å². The van der Waals surface area contributed by atoms with Crippen LogP contribution in [0.1, 0.15) is 26.2 Å².